The zero-order valence-electron chi connectivity index (χ0n) is 11.0. The van der Waals surface area contributed by atoms with E-state index in [1.807, 2.05) is 19.1 Å². The van der Waals surface area contributed by atoms with E-state index in [4.69, 9.17) is 5.73 Å². The molecule has 1 aromatic rings. The molecule has 2 rings (SSSR count). The van der Waals surface area contributed by atoms with Crippen LogP contribution in [-0.2, 0) is 0 Å². The third-order valence-corrected chi connectivity index (χ3v) is 4.04. The zero-order chi connectivity index (χ0) is 13.1. The lowest BCUT2D eigenvalue weighted by Crippen LogP contribution is -2.34. The number of rotatable bonds is 3. The van der Waals surface area contributed by atoms with Crippen LogP contribution in [0.3, 0.4) is 0 Å². The first-order chi connectivity index (χ1) is 8.59. The molecule has 100 valence electrons. The van der Waals surface area contributed by atoms with E-state index in [1.54, 1.807) is 6.07 Å². The van der Waals surface area contributed by atoms with Crippen LogP contribution in [0.5, 0.6) is 5.75 Å². The predicted octanol–water partition coefficient (Wildman–Crippen LogP) is 2.64. The van der Waals surface area contributed by atoms with Crippen molar-refractivity contribution in [3.63, 3.8) is 0 Å². The summed E-state index contributed by atoms with van der Waals surface area (Å²) in [6.07, 6.45) is 5.14. The van der Waals surface area contributed by atoms with Gasteiger partial charge in [0, 0.05) is 5.56 Å². The Morgan fingerprint density at radius 3 is 2.56 bits per heavy atom. The van der Waals surface area contributed by atoms with Gasteiger partial charge in [0.2, 0.25) is 0 Å². The van der Waals surface area contributed by atoms with Crippen LogP contribution in [0.1, 0.15) is 49.3 Å². The summed E-state index contributed by atoms with van der Waals surface area (Å²) >= 11 is 0. The molecule has 1 aromatic carbocycles. The van der Waals surface area contributed by atoms with E-state index in [1.165, 1.54) is 19.3 Å². The molecule has 0 aromatic heterocycles. The van der Waals surface area contributed by atoms with Gasteiger partial charge < -0.3 is 15.9 Å². The Morgan fingerprint density at radius 2 is 1.89 bits per heavy atom. The standard InChI is InChI=1S/C15H23NO2/c1-10-7-8-13(17)12(9-10)14(16)15(18)11-5-3-2-4-6-11/h7-9,11,14-15,17-18H,2-6,16H2,1H3/t14-,15+/m0/s1. The molecule has 1 aliphatic rings. The van der Waals surface area contributed by atoms with E-state index in [-0.39, 0.29) is 11.7 Å². The van der Waals surface area contributed by atoms with Crippen molar-refractivity contribution in [1.29, 1.82) is 0 Å². The first-order valence-electron chi connectivity index (χ1n) is 6.83. The van der Waals surface area contributed by atoms with Crippen molar-refractivity contribution in [2.75, 3.05) is 0 Å². The van der Waals surface area contributed by atoms with Gasteiger partial charge in [-0.15, -0.1) is 0 Å². The van der Waals surface area contributed by atoms with E-state index in [0.29, 0.717) is 5.56 Å². The van der Waals surface area contributed by atoms with Crippen molar-refractivity contribution >= 4 is 0 Å². The van der Waals surface area contributed by atoms with Crippen LogP contribution in [-0.4, -0.2) is 16.3 Å². The van der Waals surface area contributed by atoms with Crippen LogP contribution < -0.4 is 5.73 Å². The molecule has 1 aliphatic carbocycles. The molecule has 4 N–H and O–H groups in total. The van der Waals surface area contributed by atoms with Crippen LogP contribution in [0, 0.1) is 12.8 Å². The van der Waals surface area contributed by atoms with Crippen molar-refractivity contribution in [2.24, 2.45) is 11.7 Å². The highest BCUT2D eigenvalue weighted by Crippen LogP contribution is 2.34. The van der Waals surface area contributed by atoms with Crippen LogP contribution in [0.25, 0.3) is 0 Å². The molecule has 0 radical (unpaired) electrons. The number of nitrogens with two attached hydrogens (primary N) is 1. The number of aliphatic hydroxyl groups is 1. The number of aryl methyl sites for hydroxylation is 1. The summed E-state index contributed by atoms with van der Waals surface area (Å²) in [7, 11) is 0. The second-order valence-corrected chi connectivity index (χ2v) is 5.48. The van der Waals surface area contributed by atoms with Gasteiger partial charge in [0.05, 0.1) is 12.1 Å². The fraction of sp³-hybridized carbons (Fsp3) is 0.600. The van der Waals surface area contributed by atoms with E-state index in [9.17, 15) is 10.2 Å². The van der Waals surface area contributed by atoms with Gasteiger partial charge in [-0.05, 0) is 31.7 Å². The average Bonchev–Trinajstić information content (AvgIpc) is 2.41. The van der Waals surface area contributed by atoms with Gasteiger partial charge in [-0.25, -0.2) is 0 Å². The number of phenolic OH excluding ortho intramolecular Hbond substituents is 1. The van der Waals surface area contributed by atoms with Gasteiger partial charge in [0.25, 0.3) is 0 Å². The molecule has 1 fully saturated rings. The maximum Gasteiger partial charge on any atom is 0.120 e. The highest BCUT2D eigenvalue weighted by atomic mass is 16.3. The summed E-state index contributed by atoms with van der Waals surface area (Å²) in [4.78, 5) is 0. The van der Waals surface area contributed by atoms with E-state index >= 15 is 0 Å². The van der Waals surface area contributed by atoms with Gasteiger partial charge >= 0.3 is 0 Å². The molecule has 0 bridgehead atoms. The Kier molecular flexibility index (Phi) is 4.25. The molecular formula is C15H23NO2. The maximum absolute atomic E-state index is 10.4. The van der Waals surface area contributed by atoms with Gasteiger partial charge in [0.1, 0.15) is 5.75 Å². The van der Waals surface area contributed by atoms with Crippen molar-refractivity contribution in [2.45, 2.75) is 51.2 Å². The number of aliphatic hydroxyl groups excluding tert-OH is 1. The minimum atomic E-state index is -0.557. The molecule has 0 unspecified atom stereocenters. The Morgan fingerprint density at radius 1 is 1.22 bits per heavy atom. The molecule has 0 aliphatic heterocycles. The lowest BCUT2D eigenvalue weighted by Gasteiger charge is -2.31. The van der Waals surface area contributed by atoms with E-state index < -0.39 is 12.1 Å². The van der Waals surface area contributed by atoms with Crippen LogP contribution >= 0.6 is 0 Å². The third-order valence-electron chi connectivity index (χ3n) is 4.04. The summed E-state index contributed by atoms with van der Waals surface area (Å²) in [5, 5.41) is 20.2. The predicted molar refractivity (Wildman–Crippen MR) is 72.4 cm³/mol. The van der Waals surface area contributed by atoms with Crippen LogP contribution in [0.2, 0.25) is 0 Å². The molecular weight excluding hydrogens is 226 g/mol. The Balaban J connectivity index is 2.13. The Labute approximate surface area is 109 Å². The van der Waals surface area contributed by atoms with Gasteiger partial charge in [-0.2, -0.15) is 0 Å². The fourth-order valence-electron chi connectivity index (χ4n) is 2.89. The van der Waals surface area contributed by atoms with Gasteiger partial charge in [-0.1, -0.05) is 37.0 Å². The summed E-state index contributed by atoms with van der Waals surface area (Å²) in [5.41, 5.74) is 7.84. The smallest absolute Gasteiger partial charge is 0.120 e. The molecule has 0 heterocycles. The molecule has 0 spiro atoms. The quantitative estimate of drug-likeness (QED) is 0.771. The minimum Gasteiger partial charge on any atom is -0.508 e. The summed E-state index contributed by atoms with van der Waals surface area (Å²) in [6, 6.07) is 4.87. The lowest BCUT2D eigenvalue weighted by atomic mass is 9.81. The van der Waals surface area contributed by atoms with Crippen molar-refractivity contribution in [1.82, 2.24) is 0 Å². The highest BCUT2D eigenvalue weighted by molar-refractivity contribution is 5.38. The largest absolute Gasteiger partial charge is 0.508 e. The first-order valence-corrected chi connectivity index (χ1v) is 6.83. The van der Waals surface area contributed by atoms with Gasteiger partial charge in [-0.3, -0.25) is 0 Å². The number of phenols is 1. The number of aromatic hydroxyl groups is 1. The van der Waals surface area contributed by atoms with E-state index in [0.717, 1.165) is 18.4 Å². The summed E-state index contributed by atoms with van der Waals surface area (Å²) < 4.78 is 0. The average molecular weight is 249 g/mol. The summed E-state index contributed by atoms with van der Waals surface area (Å²) in [5.74, 6) is 0.455. The Bertz CT molecular complexity index is 399. The second-order valence-electron chi connectivity index (χ2n) is 5.48. The molecule has 0 amide bonds. The van der Waals surface area contributed by atoms with Crippen molar-refractivity contribution in [3.8, 4) is 5.75 Å². The number of hydrogen-bond donors (Lipinski definition) is 3. The molecule has 3 heteroatoms. The summed E-state index contributed by atoms with van der Waals surface area (Å²) in [6.45, 7) is 1.96. The molecule has 1 saturated carbocycles. The minimum absolute atomic E-state index is 0.183. The highest BCUT2D eigenvalue weighted by Gasteiger charge is 2.28. The molecule has 2 atom stereocenters. The van der Waals surface area contributed by atoms with Crippen molar-refractivity contribution < 1.29 is 10.2 Å². The monoisotopic (exact) mass is 249 g/mol. The number of benzene rings is 1. The van der Waals surface area contributed by atoms with E-state index in [2.05, 4.69) is 0 Å². The van der Waals surface area contributed by atoms with Crippen LogP contribution in [0.15, 0.2) is 18.2 Å². The normalized spacial score (nSPS) is 20.6. The van der Waals surface area contributed by atoms with Crippen molar-refractivity contribution in [3.05, 3.63) is 29.3 Å². The van der Waals surface area contributed by atoms with Crippen LogP contribution in [0.4, 0.5) is 0 Å². The Hall–Kier alpha value is -1.06. The maximum atomic E-state index is 10.4. The van der Waals surface area contributed by atoms with Gasteiger partial charge in [0.15, 0.2) is 0 Å². The molecule has 0 saturated heterocycles. The zero-order valence-corrected chi connectivity index (χ0v) is 11.0. The lowest BCUT2D eigenvalue weighted by molar-refractivity contribution is 0.0611. The molecule has 18 heavy (non-hydrogen) atoms. The third kappa shape index (κ3) is 2.85. The topological polar surface area (TPSA) is 66.5 Å². The number of hydrogen-bond acceptors (Lipinski definition) is 3. The fourth-order valence-corrected chi connectivity index (χ4v) is 2.89. The second kappa shape index (κ2) is 5.72. The SMILES string of the molecule is Cc1ccc(O)c([C@H](N)[C@H](O)C2CCCCC2)c1. The first kappa shape index (κ1) is 13.4. The molecule has 3 nitrogen and oxygen atoms in total.